The van der Waals surface area contributed by atoms with E-state index >= 15 is 0 Å². The fraction of sp³-hybridized carbons (Fsp3) is 0.444. The van der Waals surface area contributed by atoms with E-state index < -0.39 is 0 Å². The second-order valence-electron chi connectivity index (χ2n) is 3.02. The largest absolute Gasteiger partial charge is 0.489 e. The van der Waals surface area contributed by atoms with Crippen LogP contribution in [0, 0.1) is 0 Å². The molecule has 2 aliphatic rings. The lowest BCUT2D eigenvalue weighted by Crippen LogP contribution is -1.98. The molecule has 3 heteroatoms. The summed E-state index contributed by atoms with van der Waals surface area (Å²) in [5, 5.41) is 0. The van der Waals surface area contributed by atoms with Crippen molar-refractivity contribution in [1.29, 1.82) is 0 Å². The summed E-state index contributed by atoms with van der Waals surface area (Å²) in [5.41, 5.74) is 1.85. The van der Waals surface area contributed by atoms with Crippen molar-refractivity contribution in [3.05, 3.63) is 23.0 Å². The number of rotatable bonds is 0. The molecule has 0 unspecified atom stereocenters. The monoisotopic (exact) mass is 166 g/mol. The zero-order chi connectivity index (χ0) is 8.55. The Morgan fingerprint density at radius 3 is 3.00 bits per heavy atom. The molecule has 3 nitrogen and oxygen atoms in total. The highest BCUT2D eigenvalue weighted by Gasteiger charge is 2.26. The number of carbonyl (C=O) groups is 1. The molecule has 0 fully saturated rings. The van der Waals surface area contributed by atoms with E-state index in [4.69, 9.17) is 9.47 Å². The van der Waals surface area contributed by atoms with Gasteiger partial charge in [0.25, 0.3) is 0 Å². The number of esters is 1. The van der Waals surface area contributed by atoms with Gasteiger partial charge in [-0.05, 0) is 12.5 Å². The second-order valence-corrected chi connectivity index (χ2v) is 3.02. The average Bonchev–Trinajstić information content (AvgIpc) is 2.28. The van der Waals surface area contributed by atoms with E-state index in [0.717, 1.165) is 5.57 Å². The molecule has 0 saturated carbocycles. The van der Waals surface area contributed by atoms with Gasteiger partial charge in [-0.25, -0.2) is 4.79 Å². The highest BCUT2D eigenvalue weighted by molar-refractivity contribution is 5.91. The third kappa shape index (κ3) is 1.11. The van der Waals surface area contributed by atoms with E-state index in [1.54, 1.807) is 0 Å². The maximum absolute atomic E-state index is 11.1. The molecule has 0 aliphatic carbocycles. The van der Waals surface area contributed by atoms with Crippen LogP contribution < -0.4 is 0 Å². The van der Waals surface area contributed by atoms with Crippen LogP contribution in [0.5, 0.6) is 0 Å². The quantitative estimate of drug-likeness (QED) is 0.400. The first-order valence-electron chi connectivity index (χ1n) is 3.95. The summed E-state index contributed by atoms with van der Waals surface area (Å²) in [7, 11) is 0. The van der Waals surface area contributed by atoms with Crippen molar-refractivity contribution in [2.24, 2.45) is 0 Å². The van der Waals surface area contributed by atoms with Crippen LogP contribution in [0.4, 0.5) is 0 Å². The van der Waals surface area contributed by atoms with Crippen LogP contribution in [0.25, 0.3) is 0 Å². The number of carbonyl (C=O) groups excluding carboxylic acids is 1. The van der Waals surface area contributed by atoms with Gasteiger partial charge >= 0.3 is 5.97 Å². The number of ether oxygens (including phenoxy) is 2. The normalized spacial score (nSPS) is 22.4. The molecule has 0 aromatic carbocycles. The van der Waals surface area contributed by atoms with Crippen molar-refractivity contribution in [3.63, 3.8) is 0 Å². The Morgan fingerprint density at radius 2 is 2.17 bits per heavy atom. The highest BCUT2D eigenvalue weighted by atomic mass is 16.6. The molecule has 2 heterocycles. The molecule has 12 heavy (non-hydrogen) atoms. The third-order valence-corrected chi connectivity index (χ3v) is 2.05. The van der Waals surface area contributed by atoms with Gasteiger partial charge in [-0.3, -0.25) is 0 Å². The van der Waals surface area contributed by atoms with Gasteiger partial charge in [-0.1, -0.05) is 6.08 Å². The Balaban J connectivity index is 2.26. The Bertz CT molecular complexity index is 286. The van der Waals surface area contributed by atoms with Gasteiger partial charge in [0.1, 0.15) is 19.0 Å². The molecule has 0 N–H and O–H groups in total. The van der Waals surface area contributed by atoms with E-state index in [0.29, 0.717) is 31.0 Å². The van der Waals surface area contributed by atoms with Crippen molar-refractivity contribution in [2.75, 3.05) is 13.2 Å². The van der Waals surface area contributed by atoms with Gasteiger partial charge in [-0.2, -0.15) is 0 Å². The van der Waals surface area contributed by atoms with Gasteiger partial charge in [0.2, 0.25) is 0 Å². The van der Waals surface area contributed by atoms with Crippen molar-refractivity contribution in [3.8, 4) is 0 Å². The van der Waals surface area contributed by atoms with Crippen LogP contribution in [-0.4, -0.2) is 19.2 Å². The lowest BCUT2D eigenvalue weighted by atomic mass is 10.1. The minimum atomic E-state index is -0.226. The highest BCUT2D eigenvalue weighted by Crippen LogP contribution is 2.24. The van der Waals surface area contributed by atoms with Gasteiger partial charge in [0.05, 0.1) is 5.57 Å². The number of hydrogen-bond donors (Lipinski definition) is 0. The van der Waals surface area contributed by atoms with Crippen molar-refractivity contribution in [2.45, 2.75) is 13.3 Å². The topological polar surface area (TPSA) is 35.5 Å². The van der Waals surface area contributed by atoms with Crippen LogP contribution in [0.2, 0.25) is 0 Å². The zero-order valence-electron chi connectivity index (χ0n) is 6.92. The van der Waals surface area contributed by atoms with Crippen LogP contribution in [0.3, 0.4) is 0 Å². The molecule has 0 radical (unpaired) electrons. The molecular formula is C9H10O3. The smallest absolute Gasteiger partial charge is 0.338 e. The molecule has 64 valence electrons. The van der Waals surface area contributed by atoms with Crippen LogP contribution in [0.15, 0.2) is 23.0 Å². The molecule has 0 spiro atoms. The zero-order valence-corrected chi connectivity index (χ0v) is 6.92. The standard InChI is InChI=1S/C9H10O3/c1-6-2-3-7-8(11-4-6)5-12-9(7)10/h2H,3-5H2,1H3. The summed E-state index contributed by atoms with van der Waals surface area (Å²) in [6, 6.07) is 0. The predicted octanol–water partition coefficient (Wildman–Crippen LogP) is 1.16. The van der Waals surface area contributed by atoms with Crippen molar-refractivity contribution >= 4 is 5.97 Å². The Kier molecular flexibility index (Phi) is 1.64. The lowest BCUT2D eigenvalue weighted by Gasteiger charge is -2.03. The van der Waals surface area contributed by atoms with E-state index in [1.807, 2.05) is 13.0 Å². The Hall–Kier alpha value is -1.25. The maximum Gasteiger partial charge on any atom is 0.338 e. The fourth-order valence-electron chi connectivity index (χ4n) is 1.28. The van der Waals surface area contributed by atoms with Crippen LogP contribution in [0.1, 0.15) is 13.3 Å². The molecule has 0 bridgehead atoms. The van der Waals surface area contributed by atoms with Gasteiger partial charge in [0, 0.05) is 6.42 Å². The van der Waals surface area contributed by atoms with Crippen molar-refractivity contribution in [1.82, 2.24) is 0 Å². The van der Waals surface area contributed by atoms with Gasteiger partial charge < -0.3 is 9.47 Å². The maximum atomic E-state index is 11.1. The molecule has 0 aromatic rings. The Morgan fingerprint density at radius 1 is 1.33 bits per heavy atom. The second kappa shape index (κ2) is 2.66. The number of cyclic esters (lactones) is 1. The SMILES string of the molecule is CC1=CCC2=C(COC2=O)OC1. The first-order valence-corrected chi connectivity index (χ1v) is 3.95. The molecule has 0 saturated heterocycles. The van der Waals surface area contributed by atoms with Gasteiger partial charge in [0.15, 0.2) is 0 Å². The first-order chi connectivity index (χ1) is 5.77. The predicted molar refractivity (Wildman–Crippen MR) is 42.3 cm³/mol. The first kappa shape index (κ1) is 7.40. The molecule has 0 atom stereocenters. The molecular weight excluding hydrogens is 156 g/mol. The van der Waals surface area contributed by atoms with Gasteiger partial charge in [-0.15, -0.1) is 0 Å². The average molecular weight is 166 g/mol. The van der Waals surface area contributed by atoms with E-state index in [-0.39, 0.29) is 5.97 Å². The summed E-state index contributed by atoms with van der Waals surface area (Å²) in [4.78, 5) is 11.1. The number of allylic oxidation sites excluding steroid dienone is 1. The molecule has 2 aliphatic heterocycles. The summed E-state index contributed by atoms with van der Waals surface area (Å²) in [6.07, 6.45) is 2.66. The summed E-state index contributed by atoms with van der Waals surface area (Å²) in [6.45, 7) is 2.89. The molecule has 2 rings (SSSR count). The minimum Gasteiger partial charge on any atom is -0.489 e. The van der Waals surface area contributed by atoms with Crippen molar-refractivity contribution < 1.29 is 14.3 Å². The van der Waals surface area contributed by atoms with Crippen LogP contribution >= 0.6 is 0 Å². The van der Waals surface area contributed by atoms with E-state index in [9.17, 15) is 4.79 Å². The minimum absolute atomic E-state index is 0.226. The summed E-state index contributed by atoms with van der Waals surface area (Å²) >= 11 is 0. The summed E-state index contributed by atoms with van der Waals surface area (Å²) in [5.74, 6) is 0.490. The lowest BCUT2D eigenvalue weighted by molar-refractivity contribution is -0.136. The van der Waals surface area contributed by atoms with Crippen LogP contribution in [-0.2, 0) is 14.3 Å². The number of hydrogen-bond acceptors (Lipinski definition) is 3. The molecule has 0 amide bonds. The summed E-state index contributed by atoms with van der Waals surface area (Å²) < 4.78 is 10.2. The fourth-order valence-corrected chi connectivity index (χ4v) is 1.28. The van der Waals surface area contributed by atoms with E-state index in [1.165, 1.54) is 0 Å². The van der Waals surface area contributed by atoms with E-state index in [2.05, 4.69) is 0 Å². The Labute approximate surface area is 70.7 Å². The molecule has 0 aromatic heterocycles. The third-order valence-electron chi connectivity index (χ3n) is 2.05.